The van der Waals surface area contributed by atoms with Crippen molar-refractivity contribution < 1.29 is 29.0 Å². The molecule has 2 amide bonds. The Hall–Kier alpha value is -3.68. The highest BCUT2D eigenvalue weighted by Gasteiger charge is 2.13. The third-order valence-electron chi connectivity index (χ3n) is 4.78. The number of amides is 2. The summed E-state index contributed by atoms with van der Waals surface area (Å²) in [5.41, 5.74) is 2.33. The van der Waals surface area contributed by atoms with Gasteiger partial charge in [-0.3, -0.25) is 19.2 Å². The van der Waals surface area contributed by atoms with Crippen LogP contribution in [0.3, 0.4) is 0 Å². The third-order valence-corrected chi connectivity index (χ3v) is 4.78. The Balaban J connectivity index is 1.90. The van der Waals surface area contributed by atoms with Gasteiger partial charge in [-0.1, -0.05) is 24.3 Å². The largest absolute Gasteiger partial charge is 0.481 e. The van der Waals surface area contributed by atoms with Crippen LogP contribution in [0.25, 0.3) is 0 Å². The predicted molar refractivity (Wildman–Crippen MR) is 121 cm³/mol. The maximum Gasteiger partial charge on any atom is 0.305 e. The van der Waals surface area contributed by atoms with Gasteiger partial charge in [0.1, 0.15) is 0 Å². The van der Waals surface area contributed by atoms with Crippen molar-refractivity contribution in [3.63, 3.8) is 0 Å². The van der Waals surface area contributed by atoms with E-state index in [-0.39, 0.29) is 37.0 Å². The Kier molecular flexibility index (Phi) is 9.90. The lowest BCUT2D eigenvalue weighted by atomic mass is 10.1. The molecule has 0 aromatic heterocycles. The van der Waals surface area contributed by atoms with Crippen LogP contribution in [0.4, 0.5) is 11.4 Å². The topological polar surface area (TPSA) is 122 Å². The van der Waals surface area contributed by atoms with Gasteiger partial charge in [0.15, 0.2) is 0 Å². The molecule has 3 N–H and O–H groups in total. The van der Waals surface area contributed by atoms with Crippen molar-refractivity contribution >= 4 is 35.1 Å². The first-order chi connectivity index (χ1) is 15.4. The zero-order chi connectivity index (χ0) is 23.3. The first kappa shape index (κ1) is 24.6. The average molecular weight is 440 g/mol. The van der Waals surface area contributed by atoms with Crippen LogP contribution in [0.1, 0.15) is 54.4 Å². The molecule has 0 saturated carbocycles. The number of hydrogen-bond acceptors (Lipinski definition) is 5. The molecule has 0 spiro atoms. The standard InChI is InChI=1S/C24H28N2O6/c1-32-23(30)12-5-4-10-21(27)26-20-9-3-2-8-19(20)24(31)25-18-15-13-17(14-16-18)7-6-11-22(28)29/h2-3,8-9,13-16H,4-7,10-12H2,1H3,(H,25,31)(H,26,27)(H,28,29). The summed E-state index contributed by atoms with van der Waals surface area (Å²) in [6.45, 7) is 0. The van der Waals surface area contributed by atoms with Gasteiger partial charge in [0.2, 0.25) is 5.91 Å². The van der Waals surface area contributed by atoms with Crippen LogP contribution >= 0.6 is 0 Å². The summed E-state index contributed by atoms with van der Waals surface area (Å²) < 4.78 is 4.57. The zero-order valence-electron chi connectivity index (χ0n) is 18.1. The lowest BCUT2D eigenvalue weighted by molar-refractivity contribution is -0.141. The lowest BCUT2D eigenvalue weighted by Gasteiger charge is -2.12. The smallest absolute Gasteiger partial charge is 0.305 e. The van der Waals surface area contributed by atoms with Crippen LogP contribution in [-0.4, -0.2) is 36.0 Å². The molecule has 170 valence electrons. The average Bonchev–Trinajstić information content (AvgIpc) is 2.77. The highest BCUT2D eigenvalue weighted by molar-refractivity contribution is 6.10. The number of anilines is 2. The number of aryl methyl sites for hydroxylation is 1. The second kappa shape index (κ2) is 12.9. The lowest BCUT2D eigenvalue weighted by Crippen LogP contribution is -2.18. The maximum atomic E-state index is 12.7. The first-order valence-corrected chi connectivity index (χ1v) is 10.5. The van der Waals surface area contributed by atoms with Crippen LogP contribution in [0.15, 0.2) is 48.5 Å². The number of ether oxygens (including phenoxy) is 1. The number of para-hydroxylation sites is 1. The molecule has 0 aliphatic heterocycles. The monoisotopic (exact) mass is 440 g/mol. The number of rotatable bonds is 12. The van der Waals surface area contributed by atoms with E-state index in [0.717, 1.165) is 5.56 Å². The van der Waals surface area contributed by atoms with E-state index in [0.29, 0.717) is 42.6 Å². The quantitative estimate of drug-likeness (QED) is 0.339. The van der Waals surface area contributed by atoms with Gasteiger partial charge >= 0.3 is 11.9 Å². The number of carboxylic acid groups (broad SMARTS) is 1. The summed E-state index contributed by atoms with van der Waals surface area (Å²) in [4.78, 5) is 46.7. The number of benzene rings is 2. The molecule has 0 fully saturated rings. The van der Waals surface area contributed by atoms with Crippen molar-refractivity contribution in [2.45, 2.75) is 44.9 Å². The Bertz CT molecular complexity index is 940. The summed E-state index contributed by atoms with van der Waals surface area (Å²) in [5.74, 6) is -1.72. The SMILES string of the molecule is COC(=O)CCCCC(=O)Nc1ccccc1C(=O)Nc1ccc(CCCC(=O)O)cc1. The van der Waals surface area contributed by atoms with Gasteiger partial charge < -0.3 is 20.5 Å². The van der Waals surface area contributed by atoms with Crippen molar-refractivity contribution in [2.75, 3.05) is 17.7 Å². The molecule has 0 unspecified atom stereocenters. The van der Waals surface area contributed by atoms with Gasteiger partial charge in [0.05, 0.1) is 18.4 Å². The van der Waals surface area contributed by atoms with E-state index in [4.69, 9.17) is 5.11 Å². The maximum absolute atomic E-state index is 12.7. The highest BCUT2D eigenvalue weighted by Crippen LogP contribution is 2.19. The summed E-state index contributed by atoms with van der Waals surface area (Å²) >= 11 is 0. The fourth-order valence-electron chi connectivity index (χ4n) is 3.06. The van der Waals surface area contributed by atoms with E-state index >= 15 is 0 Å². The fraction of sp³-hybridized carbons (Fsp3) is 0.333. The van der Waals surface area contributed by atoms with Gasteiger partial charge in [-0.15, -0.1) is 0 Å². The fourth-order valence-corrected chi connectivity index (χ4v) is 3.06. The Morgan fingerprint density at radius 3 is 2.22 bits per heavy atom. The van der Waals surface area contributed by atoms with Crippen molar-refractivity contribution in [3.05, 3.63) is 59.7 Å². The molecular weight excluding hydrogens is 412 g/mol. The van der Waals surface area contributed by atoms with Crippen molar-refractivity contribution in [3.8, 4) is 0 Å². The van der Waals surface area contributed by atoms with Crippen LogP contribution < -0.4 is 10.6 Å². The van der Waals surface area contributed by atoms with Gasteiger partial charge in [-0.2, -0.15) is 0 Å². The number of unbranched alkanes of at least 4 members (excludes halogenated alkanes) is 1. The molecule has 2 rings (SSSR count). The van der Waals surface area contributed by atoms with E-state index < -0.39 is 5.97 Å². The number of methoxy groups -OCH3 is 1. The molecule has 8 nitrogen and oxygen atoms in total. The number of nitrogens with one attached hydrogen (secondary N) is 2. The Morgan fingerprint density at radius 2 is 1.53 bits per heavy atom. The van der Waals surface area contributed by atoms with Crippen LogP contribution in [0.5, 0.6) is 0 Å². The number of carbonyl (C=O) groups is 4. The summed E-state index contributed by atoms with van der Waals surface area (Å²) in [5, 5.41) is 14.3. The predicted octanol–water partition coefficient (Wildman–Crippen LogP) is 4.02. The molecule has 8 heteroatoms. The van der Waals surface area contributed by atoms with Gasteiger partial charge in [-0.25, -0.2) is 0 Å². The van der Waals surface area contributed by atoms with E-state index in [2.05, 4.69) is 15.4 Å². The molecular formula is C24H28N2O6. The van der Waals surface area contributed by atoms with Gasteiger partial charge in [-0.05, 0) is 55.5 Å². The number of aliphatic carboxylic acids is 1. The molecule has 0 bridgehead atoms. The highest BCUT2D eigenvalue weighted by atomic mass is 16.5. The Labute approximate surface area is 187 Å². The molecule has 0 aliphatic rings. The number of carboxylic acids is 1. The zero-order valence-corrected chi connectivity index (χ0v) is 18.1. The second-order valence-corrected chi connectivity index (χ2v) is 7.28. The molecule has 2 aromatic rings. The summed E-state index contributed by atoms with van der Waals surface area (Å²) in [6, 6.07) is 13.9. The minimum Gasteiger partial charge on any atom is -0.481 e. The van der Waals surface area contributed by atoms with E-state index in [9.17, 15) is 19.2 Å². The third kappa shape index (κ3) is 8.59. The molecule has 0 aliphatic carbocycles. The van der Waals surface area contributed by atoms with Crippen molar-refractivity contribution in [1.29, 1.82) is 0 Å². The van der Waals surface area contributed by atoms with Gasteiger partial charge in [0.25, 0.3) is 5.91 Å². The molecule has 2 aromatic carbocycles. The van der Waals surface area contributed by atoms with Crippen molar-refractivity contribution in [2.24, 2.45) is 0 Å². The van der Waals surface area contributed by atoms with E-state index in [1.54, 1.807) is 36.4 Å². The normalized spacial score (nSPS) is 10.3. The minimum absolute atomic E-state index is 0.117. The van der Waals surface area contributed by atoms with E-state index in [1.807, 2.05) is 12.1 Å². The molecule has 32 heavy (non-hydrogen) atoms. The van der Waals surface area contributed by atoms with Crippen LogP contribution in [0.2, 0.25) is 0 Å². The van der Waals surface area contributed by atoms with Crippen LogP contribution in [-0.2, 0) is 25.5 Å². The second-order valence-electron chi connectivity index (χ2n) is 7.28. The van der Waals surface area contributed by atoms with Gasteiger partial charge in [0, 0.05) is 24.9 Å². The molecule has 0 saturated heterocycles. The number of hydrogen-bond donors (Lipinski definition) is 3. The molecule has 0 radical (unpaired) electrons. The Morgan fingerprint density at radius 1 is 0.844 bits per heavy atom. The minimum atomic E-state index is -0.819. The van der Waals surface area contributed by atoms with E-state index in [1.165, 1.54) is 7.11 Å². The first-order valence-electron chi connectivity index (χ1n) is 10.5. The summed E-state index contributed by atoms with van der Waals surface area (Å²) in [6.07, 6.45) is 2.90. The number of carbonyl (C=O) groups excluding carboxylic acids is 3. The molecule has 0 heterocycles. The molecule has 0 atom stereocenters. The summed E-state index contributed by atoms with van der Waals surface area (Å²) in [7, 11) is 1.33. The number of esters is 1. The van der Waals surface area contributed by atoms with Crippen molar-refractivity contribution in [1.82, 2.24) is 0 Å². The van der Waals surface area contributed by atoms with Crippen LogP contribution in [0, 0.1) is 0 Å².